The van der Waals surface area contributed by atoms with E-state index in [1.54, 1.807) is 30.3 Å². The summed E-state index contributed by atoms with van der Waals surface area (Å²) in [5.74, 6) is -0.714. The Morgan fingerprint density at radius 2 is 1.81 bits per heavy atom. The summed E-state index contributed by atoms with van der Waals surface area (Å²) >= 11 is 0. The zero-order valence-corrected chi connectivity index (χ0v) is 20.4. The maximum Gasteiger partial charge on any atom is 0.270 e. The molecule has 0 bridgehead atoms. The number of carbonyl (C=O) groups is 2. The van der Waals surface area contributed by atoms with Crippen molar-refractivity contribution in [1.82, 2.24) is 15.6 Å². The average Bonchev–Trinajstić information content (AvgIpc) is 3.23. The molecular weight excluding hydrogens is 472 g/mol. The Morgan fingerprint density at radius 1 is 1.05 bits per heavy atom. The number of hydrogen-bond acceptors (Lipinski definition) is 5. The first-order valence-corrected chi connectivity index (χ1v) is 11.6. The highest BCUT2D eigenvalue weighted by molar-refractivity contribution is 6.06. The molecule has 9 nitrogen and oxygen atoms in total. The molecular formula is C28H26N4O5. The quantitative estimate of drug-likeness (QED) is 0.178. The first kappa shape index (κ1) is 25.2. The van der Waals surface area contributed by atoms with Crippen molar-refractivity contribution < 1.29 is 19.2 Å². The zero-order valence-electron chi connectivity index (χ0n) is 20.4. The lowest BCUT2D eigenvalue weighted by Crippen LogP contribution is -2.36. The molecule has 9 heteroatoms. The van der Waals surface area contributed by atoms with Crippen molar-refractivity contribution in [2.75, 3.05) is 13.7 Å². The van der Waals surface area contributed by atoms with Crippen LogP contribution < -0.4 is 15.4 Å². The number of para-hydroxylation sites is 2. The Labute approximate surface area is 213 Å². The molecule has 0 radical (unpaired) electrons. The van der Waals surface area contributed by atoms with Crippen molar-refractivity contribution in [1.29, 1.82) is 0 Å². The normalized spacial score (nSPS) is 11.2. The van der Waals surface area contributed by atoms with Crippen LogP contribution in [0.2, 0.25) is 0 Å². The van der Waals surface area contributed by atoms with Gasteiger partial charge in [0.05, 0.1) is 17.6 Å². The van der Waals surface area contributed by atoms with Crippen LogP contribution in [0.1, 0.15) is 27.2 Å². The van der Waals surface area contributed by atoms with Crippen LogP contribution in [0.15, 0.2) is 78.5 Å². The van der Waals surface area contributed by atoms with Crippen molar-refractivity contribution in [3.8, 4) is 5.75 Å². The van der Waals surface area contributed by atoms with E-state index in [1.165, 1.54) is 31.4 Å². The van der Waals surface area contributed by atoms with Gasteiger partial charge in [-0.05, 0) is 48.7 Å². The predicted octanol–water partition coefficient (Wildman–Crippen LogP) is 4.52. The number of benzene rings is 3. The van der Waals surface area contributed by atoms with Gasteiger partial charge in [0.25, 0.3) is 17.5 Å². The summed E-state index contributed by atoms with van der Waals surface area (Å²) in [6.07, 6.45) is 1.98. The van der Waals surface area contributed by atoms with Crippen molar-refractivity contribution in [3.05, 3.63) is 111 Å². The van der Waals surface area contributed by atoms with Gasteiger partial charge in [0, 0.05) is 35.3 Å². The summed E-state index contributed by atoms with van der Waals surface area (Å²) in [5.41, 5.74) is 3.61. The van der Waals surface area contributed by atoms with Crippen LogP contribution in [0, 0.1) is 17.0 Å². The van der Waals surface area contributed by atoms with Crippen LogP contribution in [0.25, 0.3) is 17.0 Å². The Hall–Kier alpha value is -4.92. The zero-order chi connectivity index (χ0) is 26.4. The molecule has 0 fully saturated rings. The van der Waals surface area contributed by atoms with Gasteiger partial charge in [0.2, 0.25) is 0 Å². The first-order chi connectivity index (χ1) is 17.9. The third kappa shape index (κ3) is 5.84. The van der Waals surface area contributed by atoms with Gasteiger partial charge in [-0.25, -0.2) is 0 Å². The Kier molecular flexibility index (Phi) is 7.63. The van der Waals surface area contributed by atoms with Crippen LogP contribution in [-0.4, -0.2) is 35.4 Å². The third-order valence-electron chi connectivity index (χ3n) is 5.92. The van der Waals surface area contributed by atoms with E-state index >= 15 is 0 Å². The first-order valence-electron chi connectivity index (χ1n) is 11.6. The van der Waals surface area contributed by atoms with E-state index in [4.69, 9.17) is 4.74 Å². The van der Waals surface area contributed by atoms with Crippen LogP contribution >= 0.6 is 0 Å². The second-order valence-corrected chi connectivity index (χ2v) is 8.34. The van der Waals surface area contributed by atoms with Crippen LogP contribution in [0.5, 0.6) is 5.75 Å². The van der Waals surface area contributed by atoms with Gasteiger partial charge in [0.1, 0.15) is 11.4 Å². The van der Waals surface area contributed by atoms with Crippen molar-refractivity contribution in [3.63, 3.8) is 0 Å². The number of aromatic amines is 1. The number of nitrogens with zero attached hydrogens (tertiary/aromatic N) is 1. The highest BCUT2D eigenvalue weighted by Crippen LogP contribution is 2.22. The molecule has 0 saturated carbocycles. The summed E-state index contributed by atoms with van der Waals surface area (Å²) < 4.78 is 5.26. The maximum atomic E-state index is 13.2. The number of methoxy groups -OCH3 is 1. The van der Waals surface area contributed by atoms with Gasteiger partial charge in [-0.15, -0.1) is 0 Å². The molecule has 188 valence electrons. The average molecular weight is 499 g/mol. The SMILES string of the molecule is COc1ccccc1C(=O)NC(=Cc1cccc([N+](=O)[O-])c1)C(=O)NCCc1c(C)[nH]c2ccccc12. The lowest BCUT2D eigenvalue weighted by Gasteiger charge is -2.13. The summed E-state index contributed by atoms with van der Waals surface area (Å²) in [5, 5.41) is 17.8. The molecule has 0 spiro atoms. The molecule has 0 aliphatic carbocycles. The number of nitro benzene ring substituents is 1. The molecule has 37 heavy (non-hydrogen) atoms. The number of H-pyrrole nitrogens is 1. The molecule has 0 saturated heterocycles. The maximum absolute atomic E-state index is 13.2. The molecule has 1 heterocycles. The fourth-order valence-electron chi connectivity index (χ4n) is 4.13. The number of nitrogens with one attached hydrogen (secondary N) is 3. The number of fused-ring (bicyclic) bond motifs is 1. The van der Waals surface area contributed by atoms with Crippen molar-refractivity contribution >= 4 is 34.5 Å². The third-order valence-corrected chi connectivity index (χ3v) is 5.92. The summed E-state index contributed by atoms with van der Waals surface area (Å²) in [7, 11) is 1.45. The number of aryl methyl sites for hydroxylation is 1. The Bertz CT molecular complexity index is 1510. The van der Waals surface area contributed by atoms with Crippen LogP contribution in [0.4, 0.5) is 5.69 Å². The van der Waals surface area contributed by atoms with E-state index in [2.05, 4.69) is 15.6 Å². The monoisotopic (exact) mass is 498 g/mol. The summed E-state index contributed by atoms with van der Waals surface area (Å²) in [6, 6.07) is 20.4. The van der Waals surface area contributed by atoms with Gasteiger partial charge >= 0.3 is 0 Å². The molecule has 0 unspecified atom stereocenters. The standard InChI is InChI=1S/C28H26N4O5/c1-18-21(22-10-3-5-12-24(22)30-18)14-15-29-28(34)25(17-19-8-7-9-20(16-19)32(35)36)31-27(33)23-11-4-6-13-26(23)37-2/h3-13,16-17,30H,14-15H2,1-2H3,(H,29,34)(H,31,33). The lowest BCUT2D eigenvalue weighted by molar-refractivity contribution is -0.384. The van der Waals surface area contributed by atoms with E-state index in [-0.39, 0.29) is 16.9 Å². The van der Waals surface area contributed by atoms with E-state index in [9.17, 15) is 19.7 Å². The highest BCUT2D eigenvalue weighted by Gasteiger charge is 2.18. The number of non-ortho nitro benzene ring substituents is 1. The lowest BCUT2D eigenvalue weighted by atomic mass is 10.1. The largest absolute Gasteiger partial charge is 0.496 e. The number of carbonyl (C=O) groups excluding carboxylic acids is 2. The summed E-state index contributed by atoms with van der Waals surface area (Å²) in [4.78, 5) is 40.3. The molecule has 3 N–H and O–H groups in total. The number of rotatable bonds is 9. The fraction of sp³-hybridized carbons (Fsp3) is 0.143. The van der Waals surface area contributed by atoms with E-state index < -0.39 is 16.7 Å². The summed E-state index contributed by atoms with van der Waals surface area (Å²) in [6.45, 7) is 2.30. The highest BCUT2D eigenvalue weighted by atomic mass is 16.6. The van der Waals surface area contributed by atoms with Gasteiger partial charge in [-0.2, -0.15) is 0 Å². The van der Waals surface area contributed by atoms with E-state index in [0.717, 1.165) is 22.2 Å². The van der Waals surface area contributed by atoms with Gasteiger partial charge in [-0.3, -0.25) is 19.7 Å². The number of aromatic nitrogens is 1. The minimum absolute atomic E-state index is 0.0490. The minimum Gasteiger partial charge on any atom is -0.496 e. The molecule has 0 atom stereocenters. The molecule has 2 amide bonds. The minimum atomic E-state index is -0.545. The fourth-order valence-corrected chi connectivity index (χ4v) is 4.13. The molecule has 0 aliphatic heterocycles. The number of nitro groups is 1. The second-order valence-electron chi connectivity index (χ2n) is 8.34. The van der Waals surface area contributed by atoms with Crippen LogP contribution in [-0.2, 0) is 11.2 Å². The van der Waals surface area contributed by atoms with Gasteiger partial charge in [0.15, 0.2) is 0 Å². The van der Waals surface area contributed by atoms with E-state index in [0.29, 0.717) is 24.3 Å². The molecule has 3 aromatic carbocycles. The van der Waals surface area contributed by atoms with Crippen molar-refractivity contribution in [2.45, 2.75) is 13.3 Å². The second kappa shape index (κ2) is 11.2. The topological polar surface area (TPSA) is 126 Å². The molecule has 0 aliphatic rings. The Morgan fingerprint density at radius 3 is 2.59 bits per heavy atom. The smallest absolute Gasteiger partial charge is 0.270 e. The molecule has 4 aromatic rings. The van der Waals surface area contributed by atoms with Crippen molar-refractivity contribution in [2.24, 2.45) is 0 Å². The molecule has 4 rings (SSSR count). The molecule has 1 aromatic heterocycles. The Balaban J connectivity index is 1.57. The predicted molar refractivity (Wildman–Crippen MR) is 141 cm³/mol. The number of amides is 2. The number of ether oxygens (including phenoxy) is 1. The van der Waals surface area contributed by atoms with E-state index in [1.807, 2.05) is 31.2 Å². The van der Waals surface area contributed by atoms with Gasteiger partial charge < -0.3 is 20.4 Å². The number of hydrogen-bond donors (Lipinski definition) is 3. The van der Waals surface area contributed by atoms with Gasteiger partial charge in [-0.1, -0.05) is 42.5 Å². The van der Waals surface area contributed by atoms with Crippen LogP contribution in [0.3, 0.4) is 0 Å².